The summed E-state index contributed by atoms with van der Waals surface area (Å²) < 4.78 is 39.3. The van der Waals surface area contributed by atoms with E-state index in [4.69, 9.17) is 11.6 Å². The zero-order valence-corrected chi connectivity index (χ0v) is 21.5. The number of aromatic nitrogens is 2. The number of hydrogen-bond acceptors (Lipinski definition) is 4. The largest absolute Gasteiger partial charge is 0.417 e. The van der Waals surface area contributed by atoms with E-state index in [-0.39, 0.29) is 11.6 Å². The summed E-state index contributed by atoms with van der Waals surface area (Å²) in [5.41, 5.74) is 2.72. The van der Waals surface area contributed by atoms with Crippen molar-refractivity contribution in [3.63, 3.8) is 0 Å². The Labute approximate surface area is 226 Å². The third-order valence-electron chi connectivity index (χ3n) is 6.51. The standard InChI is InChI=1S/C27H24ClF3N6O2/c1-16-14-18(7-9-21(16)35-26(39)32-17-6-8-20(28)19(15-17)27(29,30)31)36-10-12-37(13-11-36)25(38)24-33-22-4-2-3-5-23(22)34-24/h2-9,14-15H,10-13H2,1H3,(H,33,34)(H2,32,35,39). The van der Waals surface area contributed by atoms with Crippen molar-refractivity contribution in [3.8, 4) is 0 Å². The van der Waals surface area contributed by atoms with Gasteiger partial charge in [0.05, 0.1) is 21.6 Å². The van der Waals surface area contributed by atoms with E-state index in [9.17, 15) is 22.8 Å². The van der Waals surface area contributed by atoms with Gasteiger partial charge in [-0.15, -0.1) is 0 Å². The summed E-state index contributed by atoms with van der Waals surface area (Å²) in [4.78, 5) is 36.8. The molecule has 1 aromatic heterocycles. The molecule has 1 fully saturated rings. The number of urea groups is 1. The van der Waals surface area contributed by atoms with Crippen molar-refractivity contribution in [3.05, 3.63) is 82.6 Å². The van der Waals surface area contributed by atoms with Crippen LogP contribution < -0.4 is 15.5 Å². The molecule has 0 saturated carbocycles. The molecule has 202 valence electrons. The van der Waals surface area contributed by atoms with Crippen LogP contribution in [0.4, 0.5) is 35.0 Å². The first-order valence-corrected chi connectivity index (χ1v) is 12.5. The maximum atomic E-state index is 13.1. The minimum atomic E-state index is -4.64. The monoisotopic (exact) mass is 556 g/mol. The van der Waals surface area contributed by atoms with Crippen molar-refractivity contribution in [1.29, 1.82) is 0 Å². The van der Waals surface area contributed by atoms with Gasteiger partial charge in [-0.05, 0) is 61.0 Å². The molecule has 1 aliphatic rings. The van der Waals surface area contributed by atoms with E-state index in [1.807, 2.05) is 43.3 Å². The number of aromatic amines is 1. The van der Waals surface area contributed by atoms with Crippen LogP contribution >= 0.6 is 11.6 Å². The van der Waals surface area contributed by atoms with Gasteiger partial charge in [0.25, 0.3) is 5.91 Å². The second kappa shape index (κ2) is 10.5. The molecule has 0 spiro atoms. The molecule has 2 heterocycles. The van der Waals surface area contributed by atoms with Gasteiger partial charge in [0, 0.05) is 43.2 Å². The van der Waals surface area contributed by atoms with Gasteiger partial charge in [-0.1, -0.05) is 23.7 Å². The van der Waals surface area contributed by atoms with Crippen molar-refractivity contribution in [2.24, 2.45) is 0 Å². The number of hydrogen-bond donors (Lipinski definition) is 3. The van der Waals surface area contributed by atoms with E-state index < -0.39 is 22.8 Å². The number of H-pyrrole nitrogens is 1. The van der Waals surface area contributed by atoms with Gasteiger partial charge in [-0.3, -0.25) is 4.79 Å². The lowest BCUT2D eigenvalue weighted by molar-refractivity contribution is -0.137. The highest BCUT2D eigenvalue weighted by Gasteiger charge is 2.33. The Morgan fingerprint density at radius 3 is 2.41 bits per heavy atom. The van der Waals surface area contributed by atoms with E-state index in [0.29, 0.717) is 37.7 Å². The van der Waals surface area contributed by atoms with Gasteiger partial charge in [-0.2, -0.15) is 13.2 Å². The van der Waals surface area contributed by atoms with Gasteiger partial charge >= 0.3 is 12.2 Å². The van der Waals surface area contributed by atoms with Crippen molar-refractivity contribution < 1.29 is 22.8 Å². The van der Waals surface area contributed by atoms with Crippen molar-refractivity contribution >= 4 is 51.6 Å². The number of nitrogens with one attached hydrogen (secondary N) is 3. The second-order valence-electron chi connectivity index (χ2n) is 9.15. The predicted octanol–water partition coefficient (Wildman–Crippen LogP) is 6.15. The number of carbonyl (C=O) groups is 2. The first-order valence-electron chi connectivity index (χ1n) is 12.1. The van der Waals surface area contributed by atoms with E-state index >= 15 is 0 Å². The molecule has 0 unspecified atom stereocenters. The summed E-state index contributed by atoms with van der Waals surface area (Å²) in [5.74, 6) is 0.179. The molecule has 5 rings (SSSR count). The molecule has 0 atom stereocenters. The van der Waals surface area contributed by atoms with Gasteiger partial charge < -0.3 is 25.4 Å². The van der Waals surface area contributed by atoms with Crippen molar-refractivity contribution in [1.82, 2.24) is 14.9 Å². The molecule has 0 aliphatic carbocycles. The number of halogens is 4. The number of carbonyl (C=O) groups excluding carboxylic acids is 2. The molecule has 4 aromatic rings. The lowest BCUT2D eigenvalue weighted by Gasteiger charge is -2.36. The first kappa shape index (κ1) is 26.4. The Morgan fingerprint density at radius 1 is 0.974 bits per heavy atom. The lowest BCUT2D eigenvalue weighted by atomic mass is 10.1. The number of anilines is 3. The van der Waals surface area contributed by atoms with Crippen LogP contribution in [0.25, 0.3) is 11.0 Å². The Balaban J connectivity index is 1.18. The minimum absolute atomic E-state index is 0.0337. The maximum Gasteiger partial charge on any atom is 0.417 e. The quantitative estimate of drug-likeness (QED) is 0.281. The summed E-state index contributed by atoms with van der Waals surface area (Å²) in [6, 6.07) is 15.5. The van der Waals surface area contributed by atoms with E-state index in [1.165, 1.54) is 6.07 Å². The molecule has 0 radical (unpaired) electrons. The van der Waals surface area contributed by atoms with E-state index in [1.54, 1.807) is 11.0 Å². The molecular formula is C27H24ClF3N6O2. The minimum Gasteiger partial charge on any atom is -0.368 e. The molecule has 3 amide bonds. The normalized spacial score (nSPS) is 14.0. The number of imidazole rings is 1. The van der Waals surface area contributed by atoms with Crippen LogP contribution in [0.1, 0.15) is 21.7 Å². The molecular weight excluding hydrogens is 533 g/mol. The number of alkyl halides is 3. The lowest BCUT2D eigenvalue weighted by Crippen LogP contribution is -2.49. The summed E-state index contributed by atoms with van der Waals surface area (Å²) in [6.07, 6.45) is -4.64. The van der Waals surface area contributed by atoms with Gasteiger partial charge in [0.2, 0.25) is 0 Å². The Hall–Kier alpha value is -4.25. The molecule has 3 N–H and O–H groups in total. The summed E-state index contributed by atoms with van der Waals surface area (Å²) in [7, 11) is 0. The number of rotatable bonds is 4. The molecule has 0 bridgehead atoms. The zero-order chi connectivity index (χ0) is 27.7. The average molecular weight is 557 g/mol. The molecule has 1 aliphatic heterocycles. The number of piperazine rings is 1. The number of benzene rings is 3. The Morgan fingerprint density at radius 2 is 1.72 bits per heavy atom. The van der Waals surface area contributed by atoms with Crippen molar-refractivity contribution in [2.75, 3.05) is 41.7 Å². The number of amides is 3. The first-order chi connectivity index (χ1) is 18.6. The number of aryl methyl sites for hydroxylation is 1. The highest BCUT2D eigenvalue weighted by atomic mass is 35.5. The number of fused-ring (bicyclic) bond motifs is 1. The van der Waals surface area contributed by atoms with Gasteiger partial charge in [-0.25, -0.2) is 9.78 Å². The second-order valence-corrected chi connectivity index (χ2v) is 9.56. The van der Waals surface area contributed by atoms with Crippen LogP contribution in [0.15, 0.2) is 60.7 Å². The fourth-order valence-corrected chi connectivity index (χ4v) is 4.69. The highest BCUT2D eigenvalue weighted by molar-refractivity contribution is 6.31. The fraction of sp³-hybridized carbons (Fsp3) is 0.222. The Bertz CT molecular complexity index is 1510. The molecule has 1 saturated heterocycles. The van der Waals surface area contributed by atoms with Crippen LogP contribution in [0, 0.1) is 6.92 Å². The third kappa shape index (κ3) is 5.78. The molecule has 8 nitrogen and oxygen atoms in total. The molecule has 39 heavy (non-hydrogen) atoms. The van der Waals surface area contributed by atoms with Crippen LogP contribution in [0.2, 0.25) is 5.02 Å². The van der Waals surface area contributed by atoms with Gasteiger partial charge in [0.1, 0.15) is 0 Å². The SMILES string of the molecule is Cc1cc(N2CCN(C(=O)c3nc4ccccc4[nH]3)CC2)ccc1NC(=O)Nc1ccc(Cl)c(C(F)(F)F)c1. The molecule has 3 aromatic carbocycles. The zero-order valence-electron chi connectivity index (χ0n) is 20.8. The van der Waals surface area contributed by atoms with E-state index in [0.717, 1.165) is 34.4 Å². The van der Waals surface area contributed by atoms with Gasteiger partial charge in [0.15, 0.2) is 5.82 Å². The average Bonchev–Trinajstić information content (AvgIpc) is 3.34. The number of nitrogens with zero attached hydrogens (tertiary/aromatic N) is 3. The maximum absolute atomic E-state index is 13.1. The topological polar surface area (TPSA) is 93.4 Å². The summed E-state index contributed by atoms with van der Waals surface area (Å²) >= 11 is 5.64. The smallest absolute Gasteiger partial charge is 0.368 e. The summed E-state index contributed by atoms with van der Waals surface area (Å²) in [6.45, 7) is 4.12. The fourth-order valence-electron chi connectivity index (χ4n) is 4.46. The highest BCUT2D eigenvalue weighted by Crippen LogP contribution is 2.36. The molecule has 12 heteroatoms. The summed E-state index contributed by atoms with van der Waals surface area (Å²) in [5, 5.41) is 4.63. The van der Waals surface area contributed by atoms with Crippen LogP contribution in [0.5, 0.6) is 0 Å². The third-order valence-corrected chi connectivity index (χ3v) is 6.84. The van der Waals surface area contributed by atoms with E-state index in [2.05, 4.69) is 25.5 Å². The van der Waals surface area contributed by atoms with Crippen LogP contribution in [-0.4, -0.2) is 53.0 Å². The number of para-hydroxylation sites is 2. The van der Waals surface area contributed by atoms with Crippen LogP contribution in [0.3, 0.4) is 0 Å². The van der Waals surface area contributed by atoms with Crippen LogP contribution in [-0.2, 0) is 6.18 Å². The predicted molar refractivity (Wildman–Crippen MR) is 144 cm³/mol. The Kier molecular flexibility index (Phi) is 7.09. The van der Waals surface area contributed by atoms with Crippen molar-refractivity contribution in [2.45, 2.75) is 13.1 Å².